The number of carbonyl (C=O) groups excluding carboxylic acids is 1. The number of aliphatic hydroxyl groups is 1. The summed E-state index contributed by atoms with van der Waals surface area (Å²) in [4.78, 5) is 20.0. The molecule has 0 unspecified atom stereocenters. The van der Waals surface area contributed by atoms with Crippen molar-refractivity contribution in [2.75, 3.05) is 0 Å². The normalized spacial score (nSPS) is 12.6. The summed E-state index contributed by atoms with van der Waals surface area (Å²) in [5.41, 5.74) is 6.95. The van der Waals surface area contributed by atoms with Crippen LogP contribution >= 0.6 is 22.7 Å². The van der Waals surface area contributed by atoms with Gasteiger partial charge in [0.1, 0.15) is 5.76 Å². The molecule has 0 aliphatic rings. The molecule has 3 nitrogen and oxygen atoms in total. The number of ketones is 1. The molecule has 3 heterocycles. The number of aryl methyl sites for hydroxylation is 2. The number of benzene rings is 3. The molecule has 0 amide bonds. The Balaban J connectivity index is 0.000000330. The molecule has 6 heteroatoms. The van der Waals surface area contributed by atoms with Crippen molar-refractivity contribution in [3.05, 3.63) is 100 Å². The van der Waals surface area contributed by atoms with E-state index in [1.807, 2.05) is 70.4 Å². The molecule has 0 spiro atoms. The van der Waals surface area contributed by atoms with E-state index >= 15 is 0 Å². The summed E-state index contributed by atoms with van der Waals surface area (Å²) in [5.74, 6) is 0.955. The summed E-state index contributed by atoms with van der Waals surface area (Å²) < 4.78 is 2.64. The minimum absolute atomic E-state index is 0. The first-order valence-electron chi connectivity index (χ1n) is 20.2. The molecule has 1 N–H and O–H groups in total. The summed E-state index contributed by atoms with van der Waals surface area (Å²) >= 11 is 3.83. The Labute approximate surface area is 358 Å². The Kier molecular flexibility index (Phi) is 14.8. The number of fused-ring (bicyclic) bond motifs is 3. The van der Waals surface area contributed by atoms with Gasteiger partial charge in [0.2, 0.25) is 0 Å². The summed E-state index contributed by atoms with van der Waals surface area (Å²) in [6.07, 6.45) is 7.87. The zero-order valence-corrected chi connectivity index (χ0v) is 39.9. The fraction of sp³-hybridized carbons (Fsp3) is 0.440. The summed E-state index contributed by atoms with van der Waals surface area (Å²) in [7, 11) is 0. The van der Waals surface area contributed by atoms with Crippen LogP contribution in [0.5, 0.6) is 0 Å². The molecule has 301 valence electrons. The zero-order valence-electron chi connectivity index (χ0n) is 35.9. The quantitative estimate of drug-likeness (QED) is 0.0800. The maximum absolute atomic E-state index is 12.2. The number of thiophene rings is 2. The molecule has 0 saturated carbocycles. The molecule has 3 aromatic carbocycles. The number of carbonyl (C=O) groups is 1. The minimum Gasteiger partial charge on any atom is -0.512 e. The first-order chi connectivity index (χ1) is 25.9. The van der Waals surface area contributed by atoms with Crippen LogP contribution in [0.15, 0.2) is 72.6 Å². The Bertz CT molecular complexity index is 2340. The largest absolute Gasteiger partial charge is 0.512 e. The molecule has 3 aromatic heterocycles. The molecule has 0 fully saturated rings. The molecule has 56 heavy (non-hydrogen) atoms. The van der Waals surface area contributed by atoms with E-state index in [1.54, 1.807) is 0 Å². The first-order valence-corrected chi connectivity index (χ1v) is 21.9. The smallest absolute Gasteiger partial charge is 0.164 e. The van der Waals surface area contributed by atoms with Crippen LogP contribution in [0.2, 0.25) is 0 Å². The monoisotopic (exact) mass is 965 g/mol. The van der Waals surface area contributed by atoms with Gasteiger partial charge >= 0.3 is 0 Å². The van der Waals surface area contributed by atoms with Crippen LogP contribution in [-0.2, 0) is 36.7 Å². The van der Waals surface area contributed by atoms with E-state index in [2.05, 4.69) is 109 Å². The van der Waals surface area contributed by atoms with Gasteiger partial charge in [0.05, 0.1) is 0 Å². The van der Waals surface area contributed by atoms with Gasteiger partial charge in [-0.05, 0) is 103 Å². The third-order valence-electron chi connectivity index (χ3n) is 12.2. The van der Waals surface area contributed by atoms with Gasteiger partial charge in [0.15, 0.2) is 5.78 Å². The molecule has 0 atom stereocenters. The molecular formula is C50H62IrNO2S2-. The molecule has 0 aliphatic heterocycles. The zero-order chi connectivity index (χ0) is 40.5. The molecule has 0 aliphatic carbocycles. The van der Waals surface area contributed by atoms with E-state index in [9.17, 15) is 9.90 Å². The number of rotatable bonds is 11. The van der Waals surface area contributed by atoms with Gasteiger partial charge in [0, 0.05) is 68.1 Å². The third-order valence-corrected chi connectivity index (χ3v) is 14.8. The van der Waals surface area contributed by atoms with Crippen molar-refractivity contribution >= 4 is 59.4 Å². The van der Waals surface area contributed by atoms with Crippen LogP contribution in [0.4, 0.5) is 0 Å². The van der Waals surface area contributed by atoms with Crippen LogP contribution in [0.3, 0.4) is 0 Å². The standard InChI is InChI=1S/C35H34NS2.C15H28O2.Ir/c1-20(2)16-31-21(3)28-18-24(12-13-30(28)37-31)33-22(4)26-14-15-36-32(34(26)38-33)25-17-23-10-8-9-11-27(23)29(19-25)35(5,6)7;1-7-14(5,8-2)12(16)11-13(17)15(6,9-3)10-4;/h8-15,18-20H,16H2,1-7H3;11,16H,7-10H2,1-6H3;/q-1;;/b;12-11-;. The summed E-state index contributed by atoms with van der Waals surface area (Å²) in [5, 5.41) is 15.2. The topological polar surface area (TPSA) is 50.2 Å². The second kappa shape index (κ2) is 18.2. The van der Waals surface area contributed by atoms with Crippen LogP contribution in [-0.4, -0.2) is 15.9 Å². The van der Waals surface area contributed by atoms with Crippen molar-refractivity contribution in [3.8, 4) is 21.7 Å². The molecule has 1 radical (unpaired) electrons. The van der Waals surface area contributed by atoms with E-state index in [0.717, 1.165) is 48.7 Å². The predicted octanol–water partition coefficient (Wildman–Crippen LogP) is 15.6. The van der Waals surface area contributed by atoms with Gasteiger partial charge in [-0.1, -0.05) is 111 Å². The van der Waals surface area contributed by atoms with Crippen molar-refractivity contribution < 1.29 is 30.0 Å². The van der Waals surface area contributed by atoms with Gasteiger partial charge < -0.3 is 5.11 Å². The van der Waals surface area contributed by atoms with Gasteiger partial charge in [-0.2, -0.15) is 0 Å². The first kappa shape index (κ1) is 45.6. The fourth-order valence-electron chi connectivity index (χ4n) is 7.25. The molecule has 6 aromatic rings. The summed E-state index contributed by atoms with van der Waals surface area (Å²) in [6.45, 7) is 28.1. The Morgan fingerprint density at radius 1 is 0.821 bits per heavy atom. The summed E-state index contributed by atoms with van der Waals surface area (Å²) in [6, 6.07) is 23.9. The SMILES string of the molecule is CCC(C)(CC)C(=O)/C=C(\O)C(C)(CC)CC.Cc1c(CC(C)C)sc2ccc(-c3sc4c(-c5[c-]c6ccccc6c(C(C)(C)C)c5)nccc4c3C)cc12.[Ir]. The van der Waals surface area contributed by atoms with Crippen LogP contribution in [0.1, 0.15) is 123 Å². The van der Waals surface area contributed by atoms with Crippen molar-refractivity contribution in [1.29, 1.82) is 0 Å². The number of nitrogens with zero attached hydrogens (tertiary/aromatic N) is 1. The Morgan fingerprint density at radius 3 is 2.07 bits per heavy atom. The number of pyridine rings is 1. The molecule has 0 saturated heterocycles. The maximum Gasteiger partial charge on any atom is 0.164 e. The number of hydrogen-bond donors (Lipinski definition) is 1. The van der Waals surface area contributed by atoms with E-state index in [1.165, 1.54) is 63.6 Å². The second-order valence-electron chi connectivity index (χ2n) is 17.4. The van der Waals surface area contributed by atoms with E-state index in [0.29, 0.717) is 5.92 Å². The molecule has 6 rings (SSSR count). The number of allylic oxidation sites excluding steroid dienone is 2. The predicted molar refractivity (Wildman–Crippen MR) is 242 cm³/mol. The molecule has 0 bridgehead atoms. The van der Waals surface area contributed by atoms with Gasteiger partial charge in [0.25, 0.3) is 0 Å². The number of aromatic nitrogens is 1. The average Bonchev–Trinajstić information content (AvgIpc) is 3.67. The van der Waals surface area contributed by atoms with Crippen molar-refractivity contribution in [2.24, 2.45) is 16.7 Å². The Hall–Kier alpha value is -3.15. The Morgan fingerprint density at radius 2 is 1.46 bits per heavy atom. The van der Waals surface area contributed by atoms with E-state index < -0.39 is 0 Å². The van der Waals surface area contributed by atoms with Crippen LogP contribution < -0.4 is 0 Å². The number of hydrogen-bond acceptors (Lipinski definition) is 5. The van der Waals surface area contributed by atoms with Crippen LogP contribution in [0.25, 0.3) is 52.6 Å². The van der Waals surface area contributed by atoms with Crippen molar-refractivity contribution in [1.82, 2.24) is 4.98 Å². The molecular weight excluding hydrogens is 903 g/mol. The van der Waals surface area contributed by atoms with Gasteiger partial charge in [-0.3, -0.25) is 9.78 Å². The third kappa shape index (κ3) is 9.25. The fourth-order valence-corrected chi connectivity index (χ4v) is 9.96. The van der Waals surface area contributed by atoms with E-state index in [-0.39, 0.29) is 47.9 Å². The number of aliphatic hydroxyl groups excluding tert-OH is 1. The van der Waals surface area contributed by atoms with Gasteiger partial charge in [-0.15, -0.1) is 51.8 Å². The van der Waals surface area contributed by atoms with Crippen molar-refractivity contribution in [2.45, 2.75) is 128 Å². The minimum atomic E-state index is -0.337. The average molecular weight is 965 g/mol. The van der Waals surface area contributed by atoms with Crippen molar-refractivity contribution in [3.63, 3.8) is 0 Å². The van der Waals surface area contributed by atoms with Gasteiger partial charge in [-0.25, -0.2) is 0 Å². The van der Waals surface area contributed by atoms with Crippen LogP contribution in [0, 0.1) is 36.7 Å². The van der Waals surface area contributed by atoms with E-state index in [4.69, 9.17) is 4.98 Å². The maximum atomic E-state index is 12.2. The second-order valence-corrected chi connectivity index (χ2v) is 19.5.